The Balaban J connectivity index is 1.83. The zero-order chi connectivity index (χ0) is 15.1. The van der Waals surface area contributed by atoms with Gasteiger partial charge in [-0.3, -0.25) is 9.80 Å². The van der Waals surface area contributed by atoms with Crippen molar-refractivity contribution in [2.24, 2.45) is 5.92 Å². The van der Waals surface area contributed by atoms with Gasteiger partial charge in [-0.2, -0.15) is 0 Å². The summed E-state index contributed by atoms with van der Waals surface area (Å²) in [6.07, 6.45) is 0. The Labute approximate surface area is 126 Å². The molecular weight excluding hydrogens is 246 g/mol. The molecule has 2 fully saturated rings. The average molecular weight is 281 g/mol. The van der Waals surface area contributed by atoms with Crippen molar-refractivity contribution in [2.45, 2.75) is 72.1 Å². The highest BCUT2D eigenvalue weighted by Gasteiger charge is 2.38. The first kappa shape index (κ1) is 16.3. The summed E-state index contributed by atoms with van der Waals surface area (Å²) in [5.41, 5.74) is 0.288. The Kier molecular flexibility index (Phi) is 4.83. The van der Waals surface area contributed by atoms with E-state index in [-0.39, 0.29) is 5.54 Å². The second-order valence-corrected chi connectivity index (χ2v) is 8.41. The third-order valence-corrected chi connectivity index (χ3v) is 5.00. The molecule has 2 aliphatic rings. The minimum atomic E-state index is 0.288. The van der Waals surface area contributed by atoms with Gasteiger partial charge in [0.2, 0.25) is 0 Å². The minimum Gasteiger partial charge on any atom is -0.300 e. The molecule has 2 atom stereocenters. The molecule has 0 amide bonds. The van der Waals surface area contributed by atoms with Crippen molar-refractivity contribution in [3.8, 4) is 0 Å². The Morgan fingerprint density at radius 2 is 1.45 bits per heavy atom. The standard InChI is InChI=1S/C17H35N3/c1-13(2)19-11-16(12-19)10-18-8-14(3)20(15(4)9-18)17(5,6)7/h13-16H,8-12H2,1-7H3. The molecule has 0 aromatic carbocycles. The van der Waals surface area contributed by atoms with Crippen molar-refractivity contribution in [2.75, 3.05) is 32.7 Å². The number of nitrogens with zero attached hydrogens (tertiary/aromatic N) is 3. The van der Waals surface area contributed by atoms with Gasteiger partial charge < -0.3 is 4.90 Å². The van der Waals surface area contributed by atoms with Crippen LogP contribution in [-0.2, 0) is 0 Å². The number of hydrogen-bond acceptors (Lipinski definition) is 3. The summed E-state index contributed by atoms with van der Waals surface area (Å²) >= 11 is 0. The summed E-state index contributed by atoms with van der Waals surface area (Å²) in [7, 11) is 0. The topological polar surface area (TPSA) is 9.72 Å². The van der Waals surface area contributed by atoms with Crippen LogP contribution < -0.4 is 0 Å². The summed E-state index contributed by atoms with van der Waals surface area (Å²) in [5.74, 6) is 0.901. The fourth-order valence-electron chi connectivity index (χ4n) is 4.42. The largest absolute Gasteiger partial charge is 0.300 e. The molecule has 2 rings (SSSR count). The lowest BCUT2D eigenvalue weighted by Gasteiger charge is -2.52. The van der Waals surface area contributed by atoms with Crippen LogP contribution in [0.2, 0.25) is 0 Å². The molecule has 3 nitrogen and oxygen atoms in total. The van der Waals surface area contributed by atoms with Crippen molar-refractivity contribution in [3.05, 3.63) is 0 Å². The van der Waals surface area contributed by atoms with E-state index in [1.165, 1.54) is 32.7 Å². The van der Waals surface area contributed by atoms with Gasteiger partial charge >= 0.3 is 0 Å². The molecule has 2 heterocycles. The van der Waals surface area contributed by atoms with Crippen LogP contribution in [0.5, 0.6) is 0 Å². The number of hydrogen-bond donors (Lipinski definition) is 0. The zero-order valence-corrected chi connectivity index (χ0v) is 14.7. The van der Waals surface area contributed by atoms with Crippen LogP contribution in [0.25, 0.3) is 0 Å². The van der Waals surface area contributed by atoms with Gasteiger partial charge in [0.15, 0.2) is 0 Å². The molecule has 2 saturated heterocycles. The summed E-state index contributed by atoms with van der Waals surface area (Å²) < 4.78 is 0. The molecular formula is C17H35N3. The third-order valence-electron chi connectivity index (χ3n) is 5.00. The predicted molar refractivity (Wildman–Crippen MR) is 87.2 cm³/mol. The molecule has 0 spiro atoms. The lowest BCUT2D eigenvalue weighted by Crippen LogP contribution is -2.64. The van der Waals surface area contributed by atoms with Gasteiger partial charge in [-0.15, -0.1) is 0 Å². The molecule has 0 saturated carbocycles. The number of rotatable bonds is 3. The lowest BCUT2D eigenvalue weighted by atomic mass is 9.94. The maximum atomic E-state index is 2.71. The van der Waals surface area contributed by atoms with E-state index in [0.717, 1.165) is 12.0 Å². The Morgan fingerprint density at radius 3 is 1.85 bits per heavy atom. The monoisotopic (exact) mass is 281 g/mol. The molecule has 118 valence electrons. The highest BCUT2D eigenvalue weighted by molar-refractivity contribution is 4.93. The normalized spacial score (nSPS) is 31.8. The molecule has 0 bridgehead atoms. The van der Waals surface area contributed by atoms with Crippen molar-refractivity contribution >= 4 is 0 Å². The van der Waals surface area contributed by atoms with Crippen LogP contribution >= 0.6 is 0 Å². The maximum absolute atomic E-state index is 2.71. The van der Waals surface area contributed by atoms with E-state index in [0.29, 0.717) is 12.1 Å². The van der Waals surface area contributed by atoms with Gasteiger partial charge in [0.05, 0.1) is 0 Å². The number of likely N-dealkylation sites (tertiary alicyclic amines) is 1. The second kappa shape index (κ2) is 5.94. The molecule has 0 aromatic heterocycles. The first-order valence-corrected chi connectivity index (χ1v) is 8.43. The zero-order valence-electron chi connectivity index (χ0n) is 14.7. The first-order valence-electron chi connectivity index (χ1n) is 8.43. The van der Waals surface area contributed by atoms with Gasteiger partial charge in [0, 0.05) is 56.4 Å². The quantitative estimate of drug-likeness (QED) is 0.787. The van der Waals surface area contributed by atoms with Crippen molar-refractivity contribution in [3.63, 3.8) is 0 Å². The smallest absolute Gasteiger partial charge is 0.0203 e. The predicted octanol–water partition coefficient (Wildman–Crippen LogP) is 2.52. The fraction of sp³-hybridized carbons (Fsp3) is 1.00. The SMILES string of the molecule is CC(C)N1CC(CN2CC(C)N(C(C)(C)C)C(C)C2)C1. The minimum absolute atomic E-state index is 0.288. The lowest BCUT2D eigenvalue weighted by molar-refractivity contribution is -0.0399. The van der Waals surface area contributed by atoms with Crippen molar-refractivity contribution in [1.82, 2.24) is 14.7 Å². The fourth-order valence-corrected chi connectivity index (χ4v) is 4.42. The maximum Gasteiger partial charge on any atom is 0.0203 e. The van der Waals surface area contributed by atoms with E-state index in [9.17, 15) is 0 Å². The van der Waals surface area contributed by atoms with E-state index in [1.807, 2.05) is 0 Å². The molecule has 0 aromatic rings. The van der Waals surface area contributed by atoms with Gasteiger partial charge in [0.1, 0.15) is 0 Å². The van der Waals surface area contributed by atoms with Crippen LogP contribution in [0.1, 0.15) is 48.5 Å². The Hall–Kier alpha value is -0.120. The van der Waals surface area contributed by atoms with Gasteiger partial charge in [-0.1, -0.05) is 0 Å². The van der Waals surface area contributed by atoms with E-state index in [2.05, 4.69) is 63.2 Å². The summed E-state index contributed by atoms with van der Waals surface area (Å²) in [6.45, 7) is 22.8. The van der Waals surface area contributed by atoms with E-state index >= 15 is 0 Å². The van der Waals surface area contributed by atoms with E-state index in [4.69, 9.17) is 0 Å². The first-order chi connectivity index (χ1) is 9.18. The summed E-state index contributed by atoms with van der Waals surface area (Å²) in [6, 6.07) is 2.06. The van der Waals surface area contributed by atoms with Crippen molar-refractivity contribution < 1.29 is 0 Å². The van der Waals surface area contributed by atoms with Crippen LogP contribution in [0.15, 0.2) is 0 Å². The van der Waals surface area contributed by atoms with Gasteiger partial charge in [0.25, 0.3) is 0 Å². The Bertz CT molecular complexity index is 303. The van der Waals surface area contributed by atoms with Crippen LogP contribution in [0, 0.1) is 5.92 Å². The highest BCUT2D eigenvalue weighted by atomic mass is 15.3. The molecule has 2 aliphatic heterocycles. The molecule has 0 N–H and O–H groups in total. The van der Waals surface area contributed by atoms with Crippen LogP contribution in [0.3, 0.4) is 0 Å². The van der Waals surface area contributed by atoms with Gasteiger partial charge in [-0.25, -0.2) is 0 Å². The molecule has 0 radical (unpaired) electrons. The second-order valence-electron chi connectivity index (χ2n) is 8.41. The summed E-state index contributed by atoms with van der Waals surface area (Å²) in [4.78, 5) is 7.99. The number of piperazine rings is 1. The third kappa shape index (κ3) is 3.55. The molecule has 0 aliphatic carbocycles. The van der Waals surface area contributed by atoms with E-state index < -0.39 is 0 Å². The Morgan fingerprint density at radius 1 is 0.950 bits per heavy atom. The van der Waals surface area contributed by atoms with Crippen LogP contribution in [-0.4, -0.2) is 71.1 Å². The summed E-state index contributed by atoms with van der Waals surface area (Å²) in [5, 5.41) is 0. The van der Waals surface area contributed by atoms with E-state index in [1.54, 1.807) is 0 Å². The van der Waals surface area contributed by atoms with Gasteiger partial charge in [-0.05, 0) is 54.4 Å². The molecule has 3 heteroatoms. The molecule has 2 unspecified atom stereocenters. The molecule has 20 heavy (non-hydrogen) atoms. The van der Waals surface area contributed by atoms with Crippen LogP contribution in [0.4, 0.5) is 0 Å². The van der Waals surface area contributed by atoms with Crippen molar-refractivity contribution in [1.29, 1.82) is 0 Å². The average Bonchev–Trinajstić information content (AvgIpc) is 2.18. The highest BCUT2D eigenvalue weighted by Crippen LogP contribution is 2.27.